The predicted molar refractivity (Wildman–Crippen MR) is 108 cm³/mol. The Hall–Kier alpha value is -2.87. The number of rotatable bonds is 7. The minimum absolute atomic E-state index is 0.0424. The lowest BCUT2D eigenvalue weighted by Crippen LogP contribution is -2.26. The zero-order valence-electron chi connectivity index (χ0n) is 15.6. The molecule has 7 nitrogen and oxygen atoms in total. The average Bonchev–Trinajstić information content (AvgIpc) is 3.12. The van der Waals surface area contributed by atoms with Gasteiger partial charge in [0, 0.05) is 25.2 Å². The zero-order valence-corrected chi connectivity index (χ0v) is 16.5. The first-order chi connectivity index (χ1) is 13.4. The van der Waals surface area contributed by atoms with Crippen molar-refractivity contribution >= 4 is 33.2 Å². The van der Waals surface area contributed by atoms with E-state index in [0.717, 1.165) is 12.8 Å². The summed E-state index contributed by atoms with van der Waals surface area (Å²) in [6, 6.07) is 12.6. The van der Waals surface area contributed by atoms with Crippen molar-refractivity contribution < 1.29 is 18.0 Å². The third kappa shape index (κ3) is 4.33. The van der Waals surface area contributed by atoms with Crippen molar-refractivity contribution in [3.8, 4) is 0 Å². The van der Waals surface area contributed by atoms with E-state index in [1.54, 1.807) is 41.3 Å². The highest BCUT2D eigenvalue weighted by Crippen LogP contribution is 2.25. The number of carbonyl (C=O) groups excluding carboxylic acids is 2. The lowest BCUT2D eigenvalue weighted by Gasteiger charge is -2.16. The first kappa shape index (κ1) is 19.9. The van der Waals surface area contributed by atoms with Crippen LogP contribution in [0.25, 0.3) is 0 Å². The second-order valence-electron chi connectivity index (χ2n) is 6.55. The molecule has 0 radical (unpaired) electrons. The van der Waals surface area contributed by atoms with Gasteiger partial charge in [-0.2, -0.15) is 0 Å². The second-order valence-corrected chi connectivity index (χ2v) is 8.23. The smallest absolute Gasteiger partial charge is 0.261 e. The van der Waals surface area contributed by atoms with Crippen LogP contribution < -0.4 is 14.9 Å². The summed E-state index contributed by atoms with van der Waals surface area (Å²) in [5.41, 5.74) is 1.16. The van der Waals surface area contributed by atoms with Crippen molar-refractivity contribution in [2.45, 2.75) is 31.1 Å². The van der Waals surface area contributed by atoms with E-state index in [0.29, 0.717) is 25.2 Å². The molecule has 0 atom stereocenters. The molecule has 1 fully saturated rings. The van der Waals surface area contributed by atoms with Gasteiger partial charge in [-0.1, -0.05) is 19.1 Å². The maximum Gasteiger partial charge on any atom is 0.261 e. The number of amides is 2. The molecule has 3 rings (SSSR count). The first-order valence-corrected chi connectivity index (χ1v) is 10.7. The molecule has 8 heteroatoms. The van der Waals surface area contributed by atoms with E-state index < -0.39 is 10.0 Å². The molecular formula is C20H23N3O4S. The van der Waals surface area contributed by atoms with Crippen LogP contribution in [0.1, 0.15) is 36.5 Å². The van der Waals surface area contributed by atoms with E-state index in [4.69, 9.17) is 0 Å². The Bertz CT molecular complexity index is 971. The van der Waals surface area contributed by atoms with E-state index in [-0.39, 0.29) is 28.0 Å². The molecule has 1 saturated heterocycles. The third-order valence-electron chi connectivity index (χ3n) is 4.48. The molecule has 148 valence electrons. The standard InChI is InChI=1S/C20H23N3O4S/c1-2-13-21-20(25)17-6-3-4-7-18(17)22-28(26,27)16-11-9-15(10-12-16)23-14-5-8-19(23)24/h3-4,6-7,9-12,22H,2,5,8,13-14H2,1H3,(H,21,25). The molecule has 2 aromatic rings. The van der Waals surface area contributed by atoms with Gasteiger partial charge in [0.2, 0.25) is 5.91 Å². The van der Waals surface area contributed by atoms with E-state index >= 15 is 0 Å². The molecule has 2 aromatic carbocycles. The van der Waals surface area contributed by atoms with Crippen LogP contribution >= 0.6 is 0 Å². The highest BCUT2D eigenvalue weighted by molar-refractivity contribution is 7.92. The minimum atomic E-state index is -3.88. The highest BCUT2D eigenvalue weighted by Gasteiger charge is 2.23. The minimum Gasteiger partial charge on any atom is -0.352 e. The number of benzene rings is 2. The van der Waals surface area contributed by atoms with Crippen molar-refractivity contribution in [1.82, 2.24) is 5.32 Å². The number of carbonyl (C=O) groups is 2. The molecule has 0 saturated carbocycles. The van der Waals surface area contributed by atoms with Crippen molar-refractivity contribution in [3.63, 3.8) is 0 Å². The first-order valence-electron chi connectivity index (χ1n) is 9.23. The van der Waals surface area contributed by atoms with Crippen LogP contribution in [0.3, 0.4) is 0 Å². The lowest BCUT2D eigenvalue weighted by atomic mass is 10.1. The van der Waals surface area contributed by atoms with Crippen LogP contribution in [0.4, 0.5) is 11.4 Å². The molecule has 2 N–H and O–H groups in total. The van der Waals surface area contributed by atoms with E-state index in [1.807, 2.05) is 6.92 Å². The van der Waals surface area contributed by atoms with Gasteiger partial charge < -0.3 is 10.2 Å². The summed E-state index contributed by atoms with van der Waals surface area (Å²) in [4.78, 5) is 25.8. The van der Waals surface area contributed by atoms with Gasteiger partial charge in [-0.15, -0.1) is 0 Å². The molecule has 1 aliphatic heterocycles. The zero-order chi connectivity index (χ0) is 20.1. The van der Waals surface area contributed by atoms with Gasteiger partial charge in [0.15, 0.2) is 0 Å². The van der Waals surface area contributed by atoms with Crippen LogP contribution in [-0.4, -0.2) is 33.3 Å². The van der Waals surface area contributed by atoms with Gasteiger partial charge in [-0.25, -0.2) is 8.42 Å². The number of nitrogens with one attached hydrogen (secondary N) is 2. The molecule has 0 bridgehead atoms. The van der Waals surface area contributed by atoms with Crippen molar-refractivity contribution in [3.05, 3.63) is 54.1 Å². The quantitative estimate of drug-likeness (QED) is 0.746. The number of sulfonamides is 1. The van der Waals surface area contributed by atoms with Gasteiger partial charge in [-0.3, -0.25) is 14.3 Å². The molecule has 0 spiro atoms. The highest BCUT2D eigenvalue weighted by atomic mass is 32.2. The van der Waals surface area contributed by atoms with E-state index in [2.05, 4.69) is 10.0 Å². The van der Waals surface area contributed by atoms with Crippen LogP contribution in [0.2, 0.25) is 0 Å². The van der Waals surface area contributed by atoms with Crippen molar-refractivity contribution in [1.29, 1.82) is 0 Å². The van der Waals surface area contributed by atoms with Crippen LogP contribution in [-0.2, 0) is 14.8 Å². The summed E-state index contributed by atoms with van der Waals surface area (Å²) in [6.07, 6.45) is 2.10. The Labute approximate surface area is 164 Å². The fourth-order valence-corrected chi connectivity index (χ4v) is 4.11. The van der Waals surface area contributed by atoms with E-state index in [9.17, 15) is 18.0 Å². The number of para-hydroxylation sites is 1. The topological polar surface area (TPSA) is 95.6 Å². The maximum atomic E-state index is 12.8. The Balaban J connectivity index is 1.81. The number of hydrogen-bond donors (Lipinski definition) is 2. The van der Waals surface area contributed by atoms with Crippen molar-refractivity contribution in [2.24, 2.45) is 0 Å². The Morgan fingerprint density at radius 3 is 2.46 bits per heavy atom. The fourth-order valence-electron chi connectivity index (χ4n) is 3.03. The fraction of sp³-hybridized carbons (Fsp3) is 0.300. The van der Waals surface area contributed by atoms with Crippen LogP contribution in [0, 0.1) is 0 Å². The van der Waals surface area contributed by atoms with Gasteiger partial charge in [0.25, 0.3) is 15.9 Å². The maximum absolute atomic E-state index is 12.8. The summed E-state index contributed by atoms with van der Waals surface area (Å²) in [7, 11) is -3.88. The summed E-state index contributed by atoms with van der Waals surface area (Å²) in [5, 5.41) is 2.75. The van der Waals surface area contributed by atoms with Gasteiger partial charge in [0.1, 0.15) is 0 Å². The Morgan fingerprint density at radius 1 is 1.11 bits per heavy atom. The summed E-state index contributed by atoms with van der Waals surface area (Å²) < 4.78 is 28.0. The molecule has 28 heavy (non-hydrogen) atoms. The predicted octanol–water partition coefficient (Wildman–Crippen LogP) is 2.75. The second kappa shape index (κ2) is 8.43. The number of hydrogen-bond acceptors (Lipinski definition) is 4. The van der Waals surface area contributed by atoms with Gasteiger partial charge in [-0.05, 0) is 49.2 Å². The largest absolute Gasteiger partial charge is 0.352 e. The van der Waals surface area contributed by atoms with Gasteiger partial charge in [0.05, 0.1) is 16.1 Å². The summed E-state index contributed by atoms with van der Waals surface area (Å²) in [6.45, 7) is 3.09. The normalized spacial score (nSPS) is 14.2. The van der Waals surface area contributed by atoms with Crippen molar-refractivity contribution in [2.75, 3.05) is 22.7 Å². The lowest BCUT2D eigenvalue weighted by molar-refractivity contribution is -0.117. The van der Waals surface area contributed by atoms with Crippen LogP contribution in [0.5, 0.6) is 0 Å². The molecule has 0 aromatic heterocycles. The summed E-state index contributed by atoms with van der Waals surface area (Å²) in [5.74, 6) is -0.288. The van der Waals surface area contributed by atoms with Crippen LogP contribution in [0.15, 0.2) is 53.4 Å². The molecule has 0 aliphatic carbocycles. The number of nitrogens with zero attached hydrogens (tertiary/aromatic N) is 1. The van der Waals surface area contributed by atoms with Gasteiger partial charge >= 0.3 is 0 Å². The Kier molecular flexibility index (Phi) is 5.99. The van der Waals surface area contributed by atoms with E-state index in [1.165, 1.54) is 12.1 Å². The molecule has 1 aliphatic rings. The third-order valence-corrected chi connectivity index (χ3v) is 5.87. The summed E-state index contributed by atoms with van der Waals surface area (Å²) >= 11 is 0. The Morgan fingerprint density at radius 2 is 1.82 bits per heavy atom. The molecular weight excluding hydrogens is 378 g/mol. The molecule has 2 amide bonds. The molecule has 1 heterocycles. The monoisotopic (exact) mass is 401 g/mol. The SMILES string of the molecule is CCCNC(=O)c1ccccc1NS(=O)(=O)c1ccc(N2CCCC2=O)cc1. The molecule has 0 unspecified atom stereocenters. The average molecular weight is 401 g/mol. The number of anilines is 2.